The topological polar surface area (TPSA) is 69.6 Å². The molecule has 0 rings (SSSR count). The molecule has 1 amide bonds. The van der Waals surface area contributed by atoms with Crippen molar-refractivity contribution in [3.8, 4) is 0 Å². The lowest BCUT2D eigenvalue weighted by atomic mass is 10.0. The lowest BCUT2D eigenvalue weighted by Gasteiger charge is -2.19. The summed E-state index contributed by atoms with van der Waals surface area (Å²) in [5.74, 6) is -0.102. The molecule has 0 bridgehead atoms. The Labute approximate surface area is 403 Å². The van der Waals surface area contributed by atoms with E-state index in [0.29, 0.717) is 6.42 Å². The molecule has 0 aromatic heterocycles. The number of aliphatic hydroxyl groups excluding tert-OH is 2. The molecular weight excluding hydrogens is 795 g/mol. The second kappa shape index (κ2) is 55.1. The molecule has 0 fully saturated rings. The van der Waals surface area contributed by atoms with Crippen LogP contribution in [0.4, 0.5) is 0 Å². The van der Waals surface area contributed by atoms with Crippen LogP contribution in [0.5, 0.6) is 0 Å². The molecular formula is C61H103NO3. The molecule has 65 heavy (non-hydrogen) atoms. The fraction of sp³-hybridized carbons (Fsp3) is 0.656. The summed E-state index contributed by atoms with van der Waals surface area (Å²) in [5, 5.41) is 23.1. The number of rotatable bonds is 48. The van der Waals surface area contributed by atoms with Crippen LogP contribution in [-0.2, 0) is 4.79 Å². The smallest absolute Gasteiger partial charge is 0.220 e. The number of nitrogens with one attached hydrogen (secondary N) is 1. The van der Waals surface area contributed by atoms with Gasteiger partial charge in [-0.1, -0.05) is 257 Å². The largest absolute Gasteiger partial charge is 0.394 e. The fourth-order valence-corrected chi connectivity index (χ4v) is 7.56. The van der Waals surface area contributed by atoms with Crippen molar-refractivity contribution in [3.05, 3.63) is 122 Å². The molecule has 0 saturated heterocycles. The van der Waals surface area contributed by atoms with Crippen molar-refractivity contribution in [2.45, 2.75) is 251 Å². The Morgan fingerprint density at radius 2 is 0.692 bits per heavy atom. The second-order valence-corrected chi connectivity index (χ2v) is 17.9. The van der Waals surface area contributed by atoms with Crippen LogP contribution in [0.2, 0.25) is 0 Å². The summed E-state index contributed by atoms with van der Waals surface area (Å²) in [4.78, 5) is 12.5. The zero-order valence-corrected chi connectivity index (χ0v) is 42.5. The van der Waals surface area contributed by atoms with E-state index in [-0.39, 0.29) is 12.5 Å². The summed E-state index contributed by atoms with van der Waals surface area (Å²) < 4.78 is 0. The van der Waals surface area contributed by atoms with E-state index in [1.165, 1.54) is 116 Å². The summed E-state index contributed by atoms with van der Waals surface area (Å²) in [6, 6.07) is -0.663. The Kier molecular flexibility index (Phi) is 52.4. The van der Waals surface area contributed by atoms with Gasteiger partial charge >= 0.3 is 0 Å². The first-order chi connectivity index (χ1) is 32.2. The zero-order chi connectivity index (χ0) is 47.0. The minimum atomic E-state index is -0.883. The average Bonchev–Trinajstić information content (AvgIpc) is 3.31. The predicted molar refractivity (Wildman–Crippen MR) is 289 cm³/mol. The minimum absolute atomic E-state index is 0.102. The quantitative estimate of drug-likeness (QED) is 0.0421. The van der Waals surface area contributed by atoms with Gasteiger partial charge in [-0.2, -0.15) is 0 Å². The van der Waals surface area contributed by atoms with Crippen LogP contribution >= 0.6 is 0 Å². The number of hydrogen-bond acceptors (Lipinski definition) is 3. The zero-order valence-electron chi connectivity index (χ0n) is 42.5. The van der Waals surface area contributed by atoms with Crippen LogP contribution in [0.1, 0.15) is 239 Å². The van der Waals surface area contributed by atoms with Crippen LogP contribution in [0.3, 0.4) is 0 Å². The van der Waals surface area contributed by atoms with Crippen LogP contribution in [0.15, 0.2) is 122 Å². The highest BCUT2D eigenvalue weighted by molar-refractivity contribution is 5.76. The molecule has 0 aliphatic heterocycles. The lowest BCUT2D eigenvalue weighted by Crippen LogP contribution is -2.45. The molecule has 0 heterocycles. The average molecular weight is 898 g/mol. The van der Waals surface area contributed by atoms with Gasteiger partial charge in [0.1, 0.15) is 0 Å². The van der Waals surface area contributed by atoms with Crippen LogP contribution in [0.25, 0.3) is 0 Å². The number of carbonyl (C=O) groups excluding carboxylic acids is 1. The van der Waals surface area contributed by atoms with Crippen molar-refractivity contribution in [2.24, 2.45) is 0 Å². The highest BCUT2D eigenvalue weighted by Crippen LogP contribution is 2.15. The van der Waals surface area contributed by atoms with Crippen molar-refractivity contribution in [1.29, 1.82) is 0 Å². The summed E-state index contributed by atoms with van der Waals surface area (Å²) >= 11 is 0. The monoisotopic (exact) mass is 898 g/mol. The van der Waals surface area contributed by atoms with Crippen molar-refractivity contribution in [3.63, 3.8) is 0 Å². The third-order valence-electron chi connectivity index (χ3n) is 11.7. The van der Waals surface area contributed by atoms with E-state index >= 15 is 0 Å². The molecule has 0 aromatic rings. The molecule has 370 valence electrons. The standard InChI is InChI=1S/C61H103NO3/c1-3-5-7-9-11-13-15-17-19-21-23-25-27-29-30-31-32-33-35-37-39-41-43-45-47-49-51-53-55-57-61(65)62-59(58-63)60(64)56-54-52-50-48-46-44-42-40-38-36-34-28-26-24-22-20-18-16-14-12-10-8-6-4-2/h5,7,11,13,17,19,23,25,29-30,32-33,37,39,43,45-46,48,54,56,59-60,63-64H,3-4,6,8-10,12,14-16,18,20-22,24,26-28,31,34-36,38,40-42,44,47,49-53,55,57-58H2,1-2H3,(H,62,65)/b7-5-,13-11-,19-17-,25-23-,30-29-,33-32-,39-37-,45-43-,48-46+,56-54+. The number of allylic oxidation sites excluding steroid dienone is 19. The van der Waals surface area contributed by atoms with Crippen LogP contribution in [0, 0.1) is 0 Å². The molecule has 4 nitrogen and oxygen atoms in total. The normalized spacial score (nSPS) is 13.8. The molecule has 2 atom stereocenters. The molecule has 0 aliphatic rings. The third kappa shape index (κ3) is 51.6. The van der Waals surface area contributed by atoms with Crippen LogP contribution in [-0.4, -0.2) is 34.9 Å². The maximum atomic E-state index is 12.5. The summed E-state index contributed by atoms with van der Waals surface area (Å²) in [6.45, 7) is 4.18. The fourth-order valence-electron chi connectivity index (χ4n) is 7.56. The van der Waals surface area contributed by atoms with E-state index in [4.69, 9.17) is 0 Å². The lowest BCUT2D eigenvalue weighted by molar-refractivity contribution is -0.123. The van der Waals surface area contributed by atoms with E-state index in [0.717, 1.165) is 103 Å². The Morgan fingerprint density at radius 3 is 1.08 bits per heavy atom. The number of carbonyl (C=O) groups is 1. The number of hydrogen-bond donors (Lipinski definition) is 3. The van der Waals surface area contributed by atoms with E-state index in [2.05, 4.69) is 129 Å². The van der Waals surface area contributed by atoms with Crippen LogP contribution < -0.4 is 5.32 Å². The summed E-state index contributed by atoms with van der Waals surface area (Å²) in [7, 11) is 0. The van der Waals surface area contributed by atoms with Gasteiger partial charge in [0, 0.05) is 6.42 Å². The van der Waals surface area contributed by atoms with Crippen molar-refractivity contribution in [2.75, 3.05) is 6.61 Å². The van der Waals surface area contributed by atoms with Gasteiger partial charge in [0.15, 0.2) is 0 Å². The van der Waals surface area contributed by atoms with Crippen molar-refractivity contribution >= 4 is 5.91 Å². The molecule has 0 aromatic carbocycles. The van der Waals surface area contributed by atoms with Gasteiger partial charge in [-0.25, -0.2) is 0 Å². The van der Waals surface area contributed by atoms with Gasteiger partial charge in [-0.15, -0.1) is 0 Å². The number of unbranched alkanes of at least 4 members (excludes halogenated alkanes) is 23. The van der Waals surface area contributed by atoms with Gasteiger partial charge < -0.3 is 15.5 Å². The minimum Gasteiger partial charge on any atom is -0.394 e. The highest BCUT2D eigenvalue weighted by Gasteiger charge is 2.17. The van der Waals surface area contributed by atoms with Gasteiger partial charge in [0.2, 0.25) is 5.91 Å². The maximum absolute atomic E-state index is 12.5. The Bertz CT molecular complexity index is 1290. The van der Waals surface area contributed by atoms with E-state index in [1.807, 2.05) is 6.08 Å². The molecule has 0 aliphatic carbocycles. The number of amides is 1. The molecule has 0 spiro atoms. The van der Waals surface area contributed by atoms with E-state index < -0.39 is 12.1 Å². The number of aliphatic hydroxyl groups is 2. The predicted octanol–water partition coefficient (Wildman–Crippen LogP) is 18.1. The Hall–Kier alpha value is -3.21. The van der Waals surface area contributed by atoms with Gasteiger partial charge in [-0.3, -0.25) is 4.79 Å². The first-order valence-electron chi connectivity index (χ1n) is 27.2. The Balaban J connectivity index is 3.69. The SMILES string of the molecule is CC/C=C\C/C=C\C/C=C\C/C=C\C/C=C\C/C=C\C/C=C\C/C=C\CCCCCCC(=O)NC(CO)C(O)/C=C/CC/C=C/CCCCCCCCCCCCCCCCCCCC. The van der Waals surface area contributed by atoms with E-state index in [9.17, 15) is 15.0 Å². The molecule has 4 heteroatoms. The van der Waals surface area contributed by atoms with Crippen molar-refractivity contribution < 1.29 is 15.0 Å². The summed E-state index contributed by atoms with van der Waals surface area (Å²) in [5.41, 5.74) is 0. The van der Waals surface area contributed by atoms with Gasteiger partial charge in [0.05, 0.1) is 18.8 Å². The summed E-state index contributed by atoms with van der Waals surface area (Å²) in [6.07, 6.45) is 84.9. The van der Waals surface area contributed by atoms with Crippen molar-refractivity contribution in [1.82, 2.24) is 5.32 Å². The second-order valence-electron chi connectivity index (χ2n) is 17.9. The molecule has 0 radical (unpaired) electrons. The highest BCUT2D eigenvalue weighted by atomic mass is 16.3. The maximum Gasteiger partial charge on any atom is 0.220 e. The van der Waals surface area contributed by atoms with E-state index in [1.54, 1.807) is 6.08 Å². The molecule has 3 N–H and O–H groups in total. The van der Waals surface area contributed by atoms with Gasteiger partial charge in [-0.05, 0) is 96.3 Å². The first-order valence-corrected chi connectivity index (χ1v) is 27.2. The third-order valence-corrected chi connectivity index (χ3v) is 11.7. The molecule has 0 saturated carbocycles. The molecule has 2 unspecified atom stereocenters. The Morgan fingerprint density at radius 1 is 0.385 bits per heavy atom. The van der Waals surface area contributed by atoms with Gasteiger partial charge in [0.25, 0.3) is 0 Å². The first kappa shape index (κ1) is 61.8.